The van der Waals surface area contributed by atoms with Gasteiger partial charge in [-0.25, -0.2) is 0 Å². The Morgan fingerprint density at radius 3 is 2.61 bits per heavy atom. The van der Waals surface area contributed by atoms with E-state index in [9.17, 15) is 18.0 Å². The van der Waals surface area contributed by atoms with Crippen LogP contribution in [-0.4, -0.2) is 21.1 Å². The second-order valence-corrected chi connectivity index (χ2v) is 7.29. The lowest BCUT2D eigenvalue weighted by Gasteiger charge is -2.12. The molecule has 160 valence electrons. The molecule has 0 saturated heterocycles. The number of aromatic nitrogens is 3. The molecule has 0 radical (unpaired) electrons. The smallest absolute Gasteiger partial charge is 0.357 e. The molecule has 2 N–H and O–H groups in total. The second kappa shape index (κ2) is 7.86. The summed E-state index contributed by atoms with van der Waals surface area (Å²) in [4.78, 5) is 20.0. The van der Waals surface area contributed by atoms with Crippen LogP contribution < -0.4 is 10.9 Å². The Kier molecular flexibility index (Phi) is 5.36. The molecule has 0 aliphatic carbocycles. The van der Waals surface area contributed by atoms with Gasteiger partial charge in [-0.2, -0.15) is 13.2 Å². The molecule has 5 rings (SSSR count). The molecule has 3 aromatic heterocycles. The monoisotopic (exact) mass is 446 g/mol. The van der Waals surface area contributed by atoms with Gasteiger partial charge < -0.3 is 10.3 Å². The predicted octanol–water partition coefficient (Wildman–Crippen LogP) is 4.47. The molecule has 0 fully saturated rings. The fourth-order valence-corrected chi connectivity index (χ4v) is 3.90. The number of nitrogens with one attached hydrogen (secondary N) is 2. The van der Waals surface area contributed by atoms with Crippen LogP contribution in [0.25, 0.3) is 27.8 Å². The first-order chi connectivity index (χ1) is 14.4. The molecule has 0 unspecified atom stereocenters. The van der Waals surface area contributed by atoms with Gasteiger partial charge in [0.25, 0.3) is 5.56 Å². The largest absolute Gasteiger partial charge is 0.417 e. The number of rotatable bonds is 2. The molecule has 4 heterocycles. The Labute approximate surface area is 181 Å². The van der Waals surface area contributed by atoms with Crippen molar-refractivity contribution in [3.05, 3.63) is 82.0 Å². The number of aromatic amines is 1. The highest BCUT2D eigenvalue weighted by Gasteiger charge is 2.30. The maximum atomic E-state index is 12.7. The molecule has 0 amide bonds. The maximum Gasteiger partial charge on any atom is 0.417 e. The van der Waals surface area contributed by atoms with Gasteiger partial charge in [-0.3, -0.25) is 14.3 Å². The number of hydrogen-bond acceptors (Lipinski definition) is 3. The van der Waals surface area contributed by atoms with Gasteiger partial charge in [0.2, 0.25) is 0 Å². The molecule has 1 aliphatic heterocycles. The number of fused-ring (bicyclic) bond motifs is 3. The molecule has 0 saturated carbocycles. The molecule has 0 atom stereocenters. The van der Waals surface area contributed by atoms with Crippen LogP contribution in [0.4, 0.5) is 13.2 Å². The van der Waals surface area contributed by atoms with Crippen LogP contribution in [-0.2, 0) is 19.1 Å². The van der Waals surface area contributed by atoms with Crippen LogP contribution in [0.15, 0.2) is 59.7 Å². The third-order valence-corrected chi connectivity index (χ3v) is 5.42. The molecule has 1 aromatic carbocycles. The Morgan fingerprint density at radius 2 is 1.90 bits per heavy atom. The van der Waals surface area contributed by atoms with Crippen molar-refractivity contribution in [3.63, 3.8) is 0 Å². The third-order valence-electron chi connectivity index (χ3n) is 5.42. The van der Waals surface area contributed by atoms with E-state index < -0.39 is 11.7 Å². The first-order valence-electron chi connectivity index (χ1n) is 9.51. The average molecular weight is 447 g/mol. The molecule has 31 heavy (non-hydrogen) atoms. The van der Waals surface area contributed by atoms with E-state index in [0.717, 1.165) is 42.7 Å². The van der Waals surface area contributed by atoms with Gasteiger partial charge in [0, 0.05) is 47.2 Å². The molecule has 0 spiro atoms. The number of benzene rings is 1. The maximum absolute atomic E-state index is 12.7. The van der Waals surface area contributed by atoms with E-state index in [0.29, 0.717) is 16.9 Å². The number of H-pyrrole nitrogens is 1. The first kappa shape index (κ1) is 21.1. The van der Waals surface area contributed by atoms with E-state index in [2.05, 4.69) is 15.3 Å². The Morgan fingerprint density at radius 1 is 1.06 bits per heavy atom. The highest BCUT2D eigenvalue weighted by molar-refractivity contribution is 5.86. The zero-order valence-electron chi connectivity index (χ0n) is 16.2. The molecule has 0 bridgehead atoms. The van der Waals surface area contributed by atoms with Crippen molar-refractivity contribution in [3.8, 4) is 16.9 Å². The normalized spacial score (nSPS) is 13.6. The number of pyridine rings is 2. The standard InChI is InChI=1S/C22H17F3N4O.ClH/c23-22(24,25)14-1-4-18(27-11-14)13-6-8-29(21(30)9-13)15-2-3-16-17-5-7-26-12-20(17)28-19(16)10-15;/h1-4,6,8-11,26,28H,5,7,12H2;1H. The van der Waals surface area contributed by atoms with Gasteiger partial charge in [0.15, 0.2) is 0 Å². The predicted molar refractivity (Wildman–Crippen MR) is 115 cm³/mol. The van der Waals surface area contributed by atoms with E-state index in [-0.39, 0.29) is 18.0 Å². The van der Waals surface area contributed by atoms with E-state index in [1.807, 2.05) is 18.2 Å². The molecule has 5 nitrogen and oxygen atoms in total. The van der Waals surface area contributed by atoms with Crippen molar-refractivity contribution in [2.24, 2.45) is 0 Å². The summed E-state index contributed by atoms with van der Waals surface area (Å²) in [7, 11) is 0. The SMILES string of the molecule is Cl.O=c1cc(-c2ccc(C(F)(F)F)cn2)ccn1-c1ccc2c3c([nH]c2c1)CNCC3. The van der Waals surface area contributed by atoms with Gasteiger partial charge in [-0.1, -0.05) is 6.07 Å². The molecule has 9 heteroatoms. The molecular formula is C22H18ClF3N4O. The van der Waals surface area contributed by atoms with E-state index in [4.69, 9.17) is 0 Å². The van der Waals surface area contributed by atoms with E-state index in [1.54, 1.807) is 12.3 Å². The van der Waals surface area contributed by atoms with Gasteiger partial charge in [-0.05, 0) is 48.9 Å². The van der Waals surface area contributed by atoms with Crippen molar-refractivity contribution in [2.75, 3.05) is 6.54 Å². The van der Waals surface area contributed by atoms with Gasteiger partial charge in [-0.15, -0.1) is 12.4 Å². The van der Waals surface area contributed by atoms with Crippen molar-refractivity contribution in [1.82, 2.24) is 19.9 Å². The van der Waals surface area contributed by atoms with Crippen LogP contribution in [0.1, 0.15) is 16.8 Å². The zero-order valence-corrected chi connectivity index (χ0v) is 17.0. The highest BCUT2D eigenvalue weighted by Crippen LogP contribution is 2.30. The lowest BCUT2D eigenvalue weighted by molar-refractivity contribution is -0.137. The van der Waals surface area contributed by atoms with Crippen molar-refractivity contribution in [2.45, 2.75) is 19.1 Å². The molecule has 4 aromatic rings. The van der Waals surface area contributed by atoms with Gasteiger partial charge >= 0.3 is 6.18 Å². The fourth-order valence-electron chi connectivity index (χ4n) is 3.90. The topological polar surface area (TPSA) is 62.7 Å². The number of halogens is 4. The van der Waals surface area contributed by atoms with Gasteiger partial charge in [0.05, 0.1) is 16.9 Å². The summed E-state index contributed by atoms with van der Waals surface area (Å²) in [5, 5.41) is 4.50. The van der Waals surface area contributed by atoms with Crippen LogP contribution in [0.2, 0.25) is 0 Å². The Hall–Kier alpha value is -3.10. The van der Waals surface area contributed by atoms with Crippen LogP contribution >= 0.6 is 12.4 Å². The Balaban J connectivity index is 0.00000231. The lowest BCUT2D eigenvalue weighted by atomic mass is 10.0. The van der Waals surface area contributed by atoms with Gasteiger partial charge in [0.1, 0.15) is 0 Å². The van der Waals surface area contributed by atoms with E-state index in [1.165, 1.54) is 28.0 Å². The first-order valence-corrected chi connectivity index (χ1v) is 9.51. The number of hydrogen-bond donors (Lipinski definition) is 2. The van der Waals surface area contributed by atoms with Crippen LogP contribution in [0.3, 0.4) is 0 Å². The minimum atomic E-state index is -4.44. The summed E-state index contributed by atoms with van der Waals surface area (Å²) in [5.74, 6) is 0. The minimum Gasteiger partial charge on any atom is -0.357 e. The van der Waals surface area contributed by atoms with Crippen LogP contribution in [0.5, 0.6) is 0 Å². The van der Waals surface area contributed by atoms with E-state index >= 15 is 0 Å². The summed E-state index contributed by atoms with van der Waals surface area (Å²) in [6, 6.07) is 11.1. The quantitative estimate of drug-likeness (QED) is 0.477. The summed E-state index contributed by atoms with van der Waals surface area (Å²) < 4.78 is 39.6. The highest BCUT2D eigenvalue weighted by atomic mass is 35.5. The van der Waals surface area contributed by atoms with Crippen LogP contribution in [0, 0.1) is 0 Å². The number of alkyl halides is 3. The van der Waals surface area contributed by atoms with Crippen molar-refractivity contribution < 1.29 is 13.2 Å². The van der Waals surface area contributed by atoms with Crippen molar-refractivity contribution >= 4 is 23.3 Å². The van der Waals surface area contributed by atoms with Crippen molar-refractivity contribution in [1.29, 1.82) is 0 Å². The second-order valence-electron chi connectivity index (χ2n) is 7.29. The summed E-state index contributed by atoms with van der Waals surface area (Å²) in [6.07, 6.45) is -1.09. The number of nitrogens with zero attached hydrogens (tertiary/aromatic N) is 2. The molecular weight excluding hydrogens is 429 g/mol. The Bertz CT molecular complexity index is 1310. The summed E-state index contributed by atoms with van der Waals surface area (Å²) >= 11 is 0. The fraction of sp³-hybridized carbons (Fsp3) is 0.182. The molecule has 1 aliphatic rings. The average Bonchev–Trinajstić information content (AvgIpc) is 3.11. The summed E-state index contributed by atoms with van der Waals surface area (Å²) in [6.45, 7) is 1.74. The summed E-state index contributed by atoms with van der Waals surface area (Å²) in [5.41, 5.74) is 3.84. The lowest BCUT2D eigenvalue weighted by Crippen LogP contribution is -2.22. The third kappa shape index (κ3) is 3.84. The zero-order chi connectivity index (χ0) is 20.9. The minimum absolute atomic E-state index is 0.